The fourth-order valence-electron chi connectivity index (χ4n) is 2.12. The molecule has 1 rings (SSSR count). The predicted molar refractivity (Wildman–Crippen MR) is 122 cm³/mol. The Morgan fingerprint density at radius 1 is 1.23 bits per heavy atom. The maximum Gasteiger partial charge on any atom is 0.416 e. The van der Waals surface area contributed by atoms with Gasteiger partial charge in [0, 0.05) is 18.5 Å². The second-order valence-electron chi connectivity index (χ2n) is 5.78. The van der Waals surface area contributed by atoms with Crippen LogP contribution < -0.4 is 5.32 Å². The van der Waals surface area contributed by atoms with Crippen LogP contribution in [-0.4, -0.2) is 31.9 Å². The maximum atomic E-state index is 12.6. The molecule has 0 atom stereocenters. The number of ether oxygens (including phenoxy) is 1. The van der Waals surface area contributed by atoms with Crippen LogP contribution in [0.25, 0.3) is 0 Å². The van der Waals surface area contributed by atoms with Gasteiger partial charge in [-0.15, -0.1) is 13.2 Å². The number of hydrogen-bond acceptors (Lipinski definition) is 3. The van der Waals surface area contributed by atoms with Crippen LogP contribution in [0.2, 0.25) is 0 Å². The van der Waals surface area contributed by atoms with Crippen LogP contribution in [0.4, 0.5) is 18.9 Å². The number of alkyl halides is 3. The third-order valence-corrected chi connectivity index (χ3v) is 3.66. The number of allylic oxidation sites excluding steroid dienone is 3. The van der Waals surface area contributed by atoms with Gasteiger partial charge in [0.2, 0.25) is 0 Å². The summed E-state index contributed by atoms with van der Waals surface area (Å²) >= 11 is 0. The largest absolute Gasteiger partial charge is 0.416 e. The molecule has 0 saturated carbocycles. The van der Waals surface area contributed by atoms with Gasteiger partial charge in [-0.25, -0.2) is 0 Å². The Kier molecular flexibility index (Phi) is 14.0. The molecule has 0 spiro atoms. The second kappa shape index (κ2) is 15.6. The first-order chi connectivity index (χ1) is 14.8. The van der Waals surface area contributed by atoms with Gasteiger partial charge in [0.05, 0.1) is 24.3 Å². The van der Waals surface area contributed by atoms with Crippen molar-refractivity contribution >= 4 is 17.8 Å². The van der Waals surface area contributed by atoms with Crippen molar-refractivity contribution in [2.24, 2.45) is 4.99 Å². The maximum absolute atomic E-state index is 12.6. The number of nitrogens with zero attached hydrogens (tertiary/aromatic N) is 1. The van der Waals surface area contributed by atoms with Gasteiger partial charge >= 0.3 is 6.18 Å². The van der Waals surface area contributed by atoms with Gasteiger partial charge in [-0.05, 0) is 43.7 Å². The Morgan fingerprint density at radius 2 is 1.87 bits per heavy atom. The average molecular weight is 435 g/mol. The van der Waals surface area contributed by atoms with Crippen molar-refractivity contribution in [2.45, 2.75) is 20.0 Å². The molecule has 31 heavy (non-hydrogen) atoms. The Bertz CT molecular complexity index is 805. The van der Waals surface area contributed by atoms with E-state index < -0.39 is 17.6 Å². The smallest absolute Gasteiger partial charge is 0.378 e. The first-order valence-electron chi connectivity index (χ1n) is 9.52. The molecule has 0 aliphatic carbocycles. The minimum Gasteiger partial charge on any atom is -0.378 e. The van der Waals surface area contributed by atoms with Crippen molar-refractivity contribution < 1.29 is 22.7 Å². The summed E-state index contributed by atoms with van der Waals surface area (Å²) in [7, 11) is 0. The number of aliphatic imine (C=N–C) groups is 1. The highest BCUT2D eigenvalue weighted by molar-refractivity contribution is 6.17. The number of carbonyl (C=O) groups is 1. The molecule has 0 aliphatic rings. The molecule has 0 bridgehead atoms. The third kappa shape index (κ3) is 11.5. The van der Waals surface area contributed by atoms with Crippen molar-refractivity contribution in [3.05, 3.63) is 91.1 Å². The Morgan fingerprint density at radius 3 is 2.39 bits per heavy atom. The van der Waals surface area contributed by atoms with Gasteiger partial charge in [-0.3, -0.25) is 9.79 Å². The lowest BCUT2D eigenvalue weighted by Crippen LogP contribution is -2.15. The van der Waals surface area contributed by atoms with Crippen LogP contribution in [0.3, 0.4) is 0 Å². The summed E-state index contributed by atoms with van der Waals surface area (Å²) in [6.07, 6.45) is 5.74. The Balaban J connectivity index is 0.00000436. The molecule has 0 heterocycles. The van der Waals surface area contributed by atoms with E-state index in [0.29, 0.717) is 25.3 Å². The zero-order chi connectivity index (χ0) is 23.7. The molecular formula is C24H29F3N2O2. The fraction of sp³-hybridized carbons (Fsp3) is 0.250. The predicted octanol–water partition coefficient (Wildman–Crippen LogP) is 6.17. The lowest BCUT2D eigenvalue weighted by Gasteiger charge is -2.09. The molecule has 168 valence electrons. The molecule has 0 radical (unpaired) electrons. The van der Waals surface area contributed by atoms with E-state index >= 15 is 0 Å². The summed E-state index contributed by atoms with van der Waals surface area (Å²) < 4.78 is 43.1. The molecular weight excluding hydrogens is 405 g/mol. The van der Waals surface area contributed by atoms with E-state index in [1.807, 2.05) is 19.1 Å². The van der Waals surface area contributed by atoms with Crippen LogP contribution in [0.15, 0.2) is 90.5 Å². The number of benzene rings is 1. The van der Waals surface area contributed by atoms with Crippen LogP contribution in [0.1, 0.15) is 19.4 Å². The van der Waals surface area contributed by atoms with E-state index in [0.717, 1.165) is 17.7 Å². The summed E-state index contributed by atoms with van der Waals surface area (Å²) in [6, 6.07) is 4.25. The number of hydrogen-bond donors (Lipinski definition) is 1. The first kappa shape index (κ1) is 27.8. The molecule has 0 saturated heterocycles. The lowest BCUT2D eigenvalue weighted by atomic mass is 10.2. The standard InChI is InChI=1S/C22H25F3N2O2.C2H4/c1-4-7-8-17(13-14-29-6-3)15-26-16-18(5-2)21(28)27-20-11-9-19(10-12-20)22(23,24)25;1-2/h4-5,7-13,16H,1,6,14-15H2,2-3H3,(H,27,28);1-2H2/b8-7-,17-13+,18-5+,26-16?;. The summed E-state index contributed by atoms with van der Waals surface area (Å²) in [5.41, 5.74) is 0.680. The molecule has 1 N–H and O–H groups in total. The van der Waals surface area contributed by atoms with Gasteiger partial charge in [0.1, 0.15) is 0 Å². The Hall–Kier alpha value is -3.19. The monoisotopic (exact) mass is 434 g/mol. The van der Waals surface area contributed by atoms with Gasteiger partial charge in [-0.2, -0.15) is 13.2 Å². The van der Waals surface area contributed by atoms with Crippen LogP contribution in [0, 0.1) is 0 Å². The topological polar surface area (TPSA) is 50.7 Å². The van der Waals surface area contributed by atoms with Crippen molar-refractivity contribution in [2.75, 3.05) is 25.1 Å². The molecule has 4 nitrogen and oxygen atoms in total. The number of nitrogens with one attached hydrogen (secondary N) is 1. The van der Waals surface area contributed by atoms with Crippen LogP contribution in [-0.2, 0) is 15.7 Å². The Labute approximate surface area is 182 Å². The van der Waals surface area contributed by atoms with E-state index in [1.165, 1.54) is 18.3 Å². The zero-order valence-corrected chi connectivity index (χ0v) is 17.9. The van der Waals surface area contributed by atoms with Crippen molar-refractivity contribution in [3.8, 4) is 0 Å². The minimum atomic E-state index is -4.42. The summed E-state index contributed by atoms with van der Waals surface area (Å²) in [5.74, 6) is -0.461. The second-order valence-corrected chi connectivity index (χ2v) is 5.78. The van der Waals surface area contributed by atoms with Gasteiger partial charge in [-0.1, -0.05) is 37.0 Å². The highest BCUT2D eigenvalue weighted by Crippen LogP contribution is 2.29. The molecule has 0 unspecified atom stereocenters. The highest BCUT2D eigenvalue weighted by atomic mass is 19.4. The highest BCUT2D eigenvalue weighted by Gasteiger charge is 2.29. The molecule has 7 heteroatoms. The van der Waals surface area contributed by atoms with E-state index in [9.17, 15) is 18.0 Å². The molecule has 1 amide bonds. The van der Waals surface area contributed by atoms with Crippen molar-refractivity contribution in [1.82, 2.24) is 0 Å². The first-order valence-corrected chi connectivity index (χ1v) is 9.52. The molecule has 0 aromatic heterocycles. The number of halogens is 3. The number of anilines is 1. The van der Waals surface area contributed by atoms with Crippen molar-refractivity contribution in [1.29, 1.82) is 0 Å². The summed E-state index contributed by atoms with van der Waals surface area (Å²) in [6.45, 7) is 14.6. The normalized spacial score (nSPS) is 12.5. The van der Waals surface area contributed by atoms with E-state index in [1.54, 1.807) is 25.2 Å². The van der Waals surface area contributed by atoms with Crippen LogP contribution >= 0.6 is 0 Å². The number of rotatable bonds is 10. The molecule has 1 aromatic rings. The molecule has 1 aromatic carbocycles. The van der Waals surface area contributed by atoms with E-state index in [4.69, 9.17) is 4.74 Å². The third-order valence-electron chi connectivity index (χ3n) is 3.66. The quantitative estimate of drug-likeness (QED) is 0.157. The van der Waals surface area contributed by atoms with Gasteiger partial charge in [0.25, 0.3) is 5.91 Å². The summed E-state index contributed by atoms with van der Waals surface area (Å²) in [4.78, 5) is 16.6. The lowest BCUT2D eigenvalue weighted by molar-refractivity contribution is -0.137. The van der Waals surface area contributed by atoms with E-state index in [-0.39, 0.29) is 5.69 Å². The number of carbonyl (C=O) groups excluding carboxylic acids is 1. The number of amides is 1. The summed E-state index contributed by atoms with van der Waals surface area (Å²) in [5, 5.41) is 2.56. The zero-order valence-electron chi connectivity index (χ0n) is 17.9. The molecule has 0 fully saturated rings. The average Bonchev–Trinajstić information content (AvgIpc) is 2.75. The van der Waals surface area contributed by atoms with Gasteiger partial charge < -0.3 is 10.1 Å². The van der Waals surface area contributed by atoms with Crippen LogP contribution in [0.5, 0.6) is 0 Å². The van der Waals surface area contributed by atoms with Crippen molar-refractivity contribution in [3.63, 3.8) is 0 Å². The SMILES string of the molecule is C=C.C=C/C=C\C(=C/COCC)CN=C/C(=C\C)C(=O)Nc1ccc(C(F)(F)F)cc1. The fourth-order valence-corrected chi connectivity index (χ4v) is 2.12. The van der Waals surface area contributed by atoms with E-state index in [2.05, 4.69) is 30.0 Å². The van der Waals surface area contributed by atoms with Gasteiger partial charge in [0.15, 0.2) is 0 Å². The molecule has 0 aliphatic heterocycles. The minimum absolute atomic E-state index is 0.266.